The van der Waals surface area contributed by atoms with Gasteiger partial charge in [-0.05, 0) is 44.9 Å². The van der Waals surface area contributed by atoms with E-state index in [2.05, 4.69) is 49.5 Å². The van der Waals surface area contributed by atoms with Crippen molar-refractivity contribution in [1.29, 1.82) is 0 Å². The maximum Gasteiger partial charge on any atom is 0.472 e. The maximum absolute atomic E-state index is 12.6. The molecule has 0 saturated heterocycles. The summed E-state index contributed by atoms with van der Waals surface area (Å²) in [5.41, 5.74) is 0. The zero-order valence-corrected chi connectivity index (χ0v) is 37.3. The van der Waals surface area contributed by atoms with Crippen molar-refractivity contribution in [3.63, 3.8) is 0 Å². The minimum absolute atomic E-state index is 0.0100. The second-order valence-electron chi connectivity index (χ2n) is 15.6. The first-order valence-corrected chi connectivity index (χ1v) is 23.3. The van der Waals surface area contributed by atoms with Gasteiger partial charge < -0.3 is 24.0 Å². The molecule has 0 saturated carbocycles. The Hall–Kier alpha value is -2.59. The van der Waals surface area contributed by atoms with Gasteiger partial charge in [0.25, 0.3) is 0 Å². The monoisotopic (exact) mass is 823 g/mol. The second kappa shape index (κ2) is 37.7. The van der Waals surface area contributed by atoms with E-state index >= 15 is 0 Å². The van der Waals surface area contributed by atoms with Crippen molar-refractivity contribution in [2.24, 2.45) is 0 Å². The first kappa shape index (κ1) is 54.4. The van der Waals surface area contributed by atoms with Crippen molar-refractivity contribution in [3.8, 4) is 0 Å². The topological polar surface area (TPSA) is 129 Å². The summed E-state index contributed by atoms with van der Waals surface area (Å²) in [6.07, 6.45) is 43.4. The molecular weight excluding hydrogens is 741 g/mol. The highest BCUT2D eigenvalue weighted by Gasteiger charge is 2.27. The molecule has 57 heavy (non-hydrogen) atoms. The summed E-state index contributed by atoms with van der Waals surface area (Å²) < 4.78 is 34.2. The van der Waals surface area contributed by atoms with Gasteiger partial charge in [-0.3, -0.25) is 18.6 Å². The van der Waals surface area contributed by atoms with Crippen LogP contribution in [0.1, 0.15) is 149 Å². The molecule has 11 heteroatoms. The van der Waals surface area contributed by atoms with Gasteiger partial charge in [0.05, 0.1) is 33.9 Å². The average molecular weight is 823 g/mol. The number of nitrogens with zero attached hydrogens (tertiary/aromatic N) is 1. The van der Waals surface area contributed by atoms with Crippen LogP contribution in [0.15, 0.2) is 72.9 Å². The van der Waals surface area contributed by atoms with Gasteiger partial charge in [-0.25, -0.2) is 4.57 Å². The molecule has 0 aliphatic heterocycles. The lowest BCUT2D eigenvalue weighted by atomic mass is 10.0. The molecule has 0 aromatic heterocycles. The molecule has 3 unspecified atom stereocenters. The number of carbonyl (C=O) groups is 2. The third-order valence-corrected chi connectivity index (χ3v) is 9.91. The number of aliphatic hydroxyl groups is 1. The number of rotatable bonds is 38. The highest BCUT2D eigenvalue weighted by molar-refractivity contribution is 7.47. The lowest BCUT2D eigenvalue weighted by molar-refractivity contribution is -0.870. The molecule has 0 aliphatic carbocycles. The predicted octanol–water partition coefficient (Wildman–Crippen LogP) is 11.2. The van der Waals surface area contributed by atoms with E-state index in [1.807, 2.05) is 52.4 Å². The van der Waals surface area contributed by atoms with Gasteiger partial charge in [0.2, 0.25) is 0 Å². The number of unbranched alkanes of at least 4 members (excludes halogenated alkanes) is 12. The standard InChI is InChI=1S/C46H80NO9P/c1-6-8-9-10-11-12-13-18-22-25-28-31-34-37-45(49)53-41-44(42-55-57(51,52)54-40-39-47(3,4)5)56-46(50)38-35-32-29-26-23-20-17-15-14-16-19-21-24-27-30-33-36-43(48)7-2/h14-15,19-21,23,27,29-30,32-33,36,43-44,48H,6-13,16-18,22,24-26,28,31,34-35,37-42H2,1-5H3/p+1/b15-14-,21-19-,23-20-,30-27-,32-29-,36-33+. The summed E-state index contributed by atoms with van der Waals surface area (Å²) in [5, 5.41) is 9.47. The minimum atomic E-state index is -4.40. The quantitative estimate of drug-likeness (QED) is 0.0156. The molecule has 2 N–H and O–H groups in total. The molecule has 3 atom stereocenters. The number of hydrogen-bond acceptors (Lipinski definition) is 8. The number of hydrogen-bond donors (Lipinski definition) is 2. The number of esters is 2. The molecule has 0 heterocycles. The van der Waals surface area contributed by atoms with Crippen molar-refractivity contribution in [2.45, 2.75) is 161 Å². The lowest BCUT2D eigenvalue weighted by Crippen LogP contribution is -2.37. The van der Waals surface area contributed by atoms with Crippen LogP contribution in [-0.2, 0) is 32.7 Å². The molecule has 328 valence electrons. The van der Waals surface area contributed by atoms with E-state index in [4.69, 9.17) is 18.5 Å². The van der Waals surface area contributed by atoms with E-state index in [0.717, 1.165) is 51.4 Å². The normalized spacial score (nSPS) is 14.9. The summed E-state index contributed by atoms with van der Waals surface area (Å²) in [5.74, 6) is -0.916. The molecule has 0 amide bonds. The Kier molecular flexibility index (Phi) is 36.0. The van der Waals surface area contributed by atoms with Crippen molar-refractivity contribution in [2.75, 3.05) is 47.5 Å². The highest BCUT2D eigenvalue weighted by atomic mass is 31.2. The lowest BCUT2D eigenvalue weighted by Gasteiger charge is -2.24. The van der Waals surface area contributed by atoms with Crippen LogP contribution in [-0.4, -0.2) is 86.1 Å². The number of aliphatic hydroxyl groups excluding tert-OH is 1. The van der Waals surface area contributed by atoms with Crippen molar-refractivity contribution in [3.05, 3.63) is 72.9 Å². The van der Waals surface area contributed by atoms with E-state index in [1.165, 1.54) is 64.2 Å². The molecule has 0 rings (SSSR count). The van der Waals surface area contributed by atoms with Gasteiger partial charge in [0, 0.05) is 12.8 Å². The van der Waals surface area contributed by atoms with E-state index < -0.39 is 32.5 Å². The molecule has 0 fully saturated rings. The van der Waals surface area contributed by atoms with Gasteiger partial charge in [0.15, 0.2) is 6.10 Å². The summed E-state index contributed by atoms with van der Waals surface area (Å²) >= 11 is 0. The van der Waals surface area contributed by atoms with Crippen LogP contribution in [0.3, 0.4) is 0 Å². The van der Waals surface area contributed by atoms with E-state index in [1.54, 1.807) is 6.08 Å². The maximum atomic E-state index is 12.6. The number of ether oxygens (including phenoxy) is 2. The number of likely N-dealkylation sites (N-methyl/N-ethyl adjacent to an activating group) is 1. The van der Waals surface area contributed by atoms with E-state index in [9.17, 15) is 24.2 Å². The Morgan fingerprint density at radius 3 is 1.67 bits per heavy atom. The van der Waals surface area contributed by atoms with Gasteiger partial charge in [-0.2, -0.15) is 0 Å². The molecule has 10 nitrogen and oxygen atoms in total. The minimum Gasteiger partial charge on any atom is -0.462 e. The number of carbonyl (C=O) groups excluding carboxylic acids is 2. The first-order valence-electron chi connectivity index (χ1n) is 21.8. The Labute approximate surface area is 347 Å². The fourth-order valence-electron chi connectivity index (χ4n) is 5.34. The number of quaternary nitrogens is 1. The van der Waals surface area contributed by atoms with Crippen LogP contribution in [0.5, 0.6) is 0 Å². The summed E-state index contributed by atoms with van der Waals surface area (Å²) in [6.45, 7) is 3.98. The number of phosphoric acid groups is 1. The smallest absolute Gasteiger partial charge is 0.462 e. The molecule has 0 radical (unpaired) electrons. The molecule has 0 aromatic rings. The van der Waals surface area contributed by atoms with Gasteiger partial charge in [0.1, 0.15) is 19.8 Å². The Morgan fingerprint density at radius 1 is 0.632 bits per heavy atom. The number of allylic oxidation sites excluding steroid dienone is 11. The fourth-order valence-corrected chi connectivity index (χ4v) is 6.08. The van der Waals surface area contributed by atoms with Crippen molar-refractivity contribution < 1.29 is 47.2 Å². The molecule has 0 aliphatic rings. The molecule has 0 spiro atoms. The van der Waals surface area contributed by atoms with Crippen LogP contribution < -0.4 is 0 Å². The Morgan fingerprint density at radius 2 is 1.14 bits per heavy atom. The third-order valence-electron chi connectivity index (χ3n) is 8.92. The zero-order chi connectivity index (χ0) is 42.3. The van der Waals surface area contributed by atoms with Crippen molar-refractivity contribution >= 4 is 19.8 Å². The highest BCUT2D eigenvalue weighted by Crippen LogP contribution is 2.43. The van der Waals surface area contributed by atoms with Crippen LogP contribution in [0.25, 0.3) is 0 Å². The van der Waals surface area contributed by atoms with E-state index in [-0.39, 0.29) is 32.2 Å². The Bertz CT molecular complexity index is 1220. The SMILES string of the molecule is CCCCCCCCCCCCCCCC(=O)OCC(COP(=O)(O)OCC[N+](C)(C)C)OC(=O)CC/C=C\C/C=C\C/C=C\C/C=C\C/C=C\C=C\C(O)CC. The van der Waals surface area contributed by atoms with Gasteiger partial charge in [-0.1, -0.05) is 164 Å². The Balaban J connectivity index is 4.52. The van der Waals surface area contributed by atoms with Gasteiger partial charge >= 0.3 is 19.8 Å². The second-order valence-corrected chi connectivity index (χ2v) is 17.0. The zero-order valence-electron chi connectivity index (χ0n) is 36.4. The largest absolute Gasteiger partial charge is 0.472 e. The first-order chi connectivity index (χ1) is 27.4. The summed E-state index contributed by atoms with van der Waals surface area (Å²) in [7, 11) is 1.40. The average Bonchev–Trinajstić information content (AvgIpc) is 3.16. The van der Waals surface area contributed by atoms with Crippen LogP contribution in [0.2, 0.25) is 0 Å². The fraction of sp³-hybridized carbons (Fsp3) is 0.696. The third kappa shape index (κ3) is 41.4. The molecule has 0 aromatic carbocycles. The van der Waals surface area contributed by atoms with E-state index in [0.29, 0.717) is 17.4 Å². The number of phosphoric ester groups is 1. The van der Waals surface area contributed by atoms with Crippen molar-refractivity contribution in [1.82, 2.24) is 0 Å². The van der Waals surface area contributed by atoms with Gasteiger partial charge in [-0.15, -0.1) is 0 Å². The summed E-state index contributed by atoms with van der Waals surface area (Å²) in [4.78, 5) is 35.3. The van der Waals surface area contributed by atoms with Crippen LogP contribution in [0.4, 0.5) is 0 Å². The molecule has 0 bridgehead atoms. The van der Waals surface area contributed by atoms with Crippen LogP contribution in [0, 0.1) is 0 Å². The molecular formula is C46H81NO9P+. The predicted molar refractivity (Wildman–Crippen MR) is 235 cm³/mol. The van der Waals surface area contributed by atoms with Crippen LogP contribution >= 0.6 is 7.82 Å². The summed E-state index contributed by atoms with van der Waals surface area (Å²) in [6, 6.07) is 0.